The van der Waals surface area contributed by atoms with Crippen molar-refractivity contribution in [3.63, 3.8) is 0 Å². The smallest absolute Gasteiger partial charge is 0.244 e. The zero-order valence-corrected chi connectivity index (χ0v) is 21.9. The summed E-state index contributed by atoms with van der Waals surface area (Å²) in [4.78, 5) is 20.6. The van der Waals surface area contributed by atoms with Gasteiger partial charge in [-0.1, -0.05) is 35.9 Å². The second-order valence-corrected chi connectivity index (χ2v) is 9.90. The van der Waals surface area contributed by atoms with Gasteiger partial charge in [0.05, 0.1) is 11.6 Å². The largest absolute Gasteiger partial charge is 0.458 e. The number of halogens is 1. The number of piperazine rings is 1. The van der Waals surface area contributed by atoms with Gasteiger partial charge in [0.1, 0.15) is 17.8 Å². The number of aliphatic hydroxyl groups is 1. The SMILES string of the molecule is CN1CCN(C(O)c2ccc(-c3cc(Cl)c4oc(CNC(=O)/C=C/c5ccc(N)nc5)cc4c3)cc2)CC1. The lowest BCUT2D eigenvalue weighted by atomic mass is 10.0. The molecule has 4 aromatic rings. The molecule has 4 N–H and O–H groups in total. The highest BCUT2D eigenvalue weighted by molar-refractivity contribution is 6.35. The highest BCUT2D eigenvalue weighted by Gasteiger charge is 2.22. The van der Waals surface area contributed by atoms with Gasteiger partial charge in [0.15, 0.2) is 5.58 Å². The van der Waals surface area contributed by atoms with E-state index < -0.39 is 6.23 Å². The summed E-state index contributed by atoms with van der Waals surface area (Å²) < 4.78 is 5.90. The minimum atomic E-state index is -0.617. The van der Waals surface area contributed by atoms with Gasteiger partial charge in [0, 0.05) is 43.8 Å². The predicted molar refractivity (Wildman–Crippen MR) is 150 cm³/mol. The van der Waals surface area contributed by atoms with Gasteiger partial charge in [-0.2, -0.15) is 0 Å². The Morgan fingerprint density at radius 2 is 1.89 bits per heavy atom. The lowest BCUT2D eigenvalue weighted by Crippen LogP contribution is -2.45. The number of carbonyl (C=O) groups excluding carboxylic acids is 1. The molecule has 9 heteroatoms. The fourth-order valence-electron chi connectivity index (χ4n) is 4.46. The second-order valence-electron chi connectivity index (χ2n) is 9.49. The lowest BCUT2D eigenvalue weighted by Gasteiger charge is -2.35. The minimum absolute atomic E-state index is 0.225. The van der Waals surface area contributed by atoms with Crippen LogP contribution in [-0.2, 0) is 11.3 Å². The van der Waals surface area contributed by atoms with Gasteiger partial charge in [0.25, 0.3) is 0 Å². The number of aromatic nitrogens is 1. The third kappa shape index (κ3) is 6.06. The van der Waals surface area contributed by atoms with Crippen molar-refractivity contribution >= 4 is 40.4 Å². The highest BCUT2D eigenvalue weighted by atomic mass is 35.5. The van der Waals surface area contributed by atoms with E-state index in [9.17, 15) is 9.90 Å². The summed E-state index contributed by atoms with van der Waals surface area (Å²) in [5.74, 6) is 0.767. The van der Waals surface area contributed by atoms with Crippen molar-refractivity contribution in [2.45, 2.75) is 12.8 Å². The first-order valence-electron chi connectivity index (χ1n) is 12.5. The van der Waals surface area contributed by atoms with E-state index in [0.29, 0.717) is 22.2 Å². The van der Waals surface area contributed by atoms with E-state index in [-0.39, 0.29) is 12.5 Å². The van der Waals surface area contributed by atoms with Crippen LogP contribution in [0.5, 0.6) is 0 Å². The van der Waals surface area contributed by atoms with Crippen molar-refractivity contribution < 1.29 is 14.3 Å². The van der Waals surface area contributed by atoms with Crippen LogP contribution in [0.1, 0.15) is 23.1 Å². The molecular weight excluding hydrogens is 502 g/mol. The second kappa shape index (κ2) is 11.4. The number of furan rings is 1. The number of anilines is 1. The highest BCUT2D eigenvalue weighted by Crippen LogP contribution is 2.33. The van der Waals surface area contributed by atoms with Crippen LogP contribution in [0, 0.1) is 0 Å². The van der Waals surface area contributed by atoms with Gasteiger partial charge in [-0.15, -0.1) is 0 Å². The number of benzene rings is 2. The van der Waals surface area contributed by atoms with Crippen LogP contribution in [0.15, 0.2) is 71.3 Å². The Bertz CT molecular complexity index is 1440. The van der Waals surface area contributed by atoms with E-state index in [0.717, 1.165) is 53.8 Å². The maximum absolute atomic E-state index is 12.2. The van der Waals surface area contributed by atoms with Crippen LogP contribution in [0.4, 0.5) is 5.82 Å². The van der Waals surface area contributed by atoms with E-state index >= 15 is 0 Å². The van der Waals surface area contributed by atoms with Crippen molar-refractivity contribution in [2.75, 3.05) is 39.0 Å². The standard InChI is InChI=1S/C29H30ClN5O3/c1-34-10-12-35(13-11-34)29(37)21-6-4-20(5-7-21)22-14-23-15-24(38-28(23)25(30)16-22)18-33-27(36)9-3-19-2-8-26(31)32-17-19/h2-9,14-17,29,37H,10-13,18H2,1H3,(H2,31,32)(H,33,36)/b9-3+. The predicted octanol–water partition coefficient (Wildman–Crippen LogP) is 4.30. The number of aliphatic hydroxyl groups excluding tert-OH is 1. The molecule has 2 aromatic heterocycles. The quantitative estimate of drug-likeness (QED) is 0.305. The summed E-state index contributed by atoms with van der Waals surface area (Å²) in [6, 6.07) is 17.1. The number of nitrogen functional groups attached to an aromatic ring is 1. The molecule has 0 bridgehead atoms. The lowest BCUT2D eigenvalue weighted by molar-refractivity contribution is -0.116. The number of amides is 1. The Kier molecular flexibility index (Phi) is 7.76. The molecule has 0 spiro atoms. The summed E-state index contributed by atoms with van der Waals surface area (Å²) >= 11 is 6.55. The molecule has 5 rings (SSSR count). The minimum Gasteiger partial charge on any atom is -0.458 e. The molecule has 38 heavy (non-hydrogen) atoms. The third-order valence-electron chi connectivity index (χ3n) is 6.72. The maximum Gasteiger partial charge on any atom is 0.244 e. The van der Waals surface area contributed by atoms with E-state index in [1.807, 2.05) is 42.5 Å². The number of nitrogens with zero attached hydrogens (tertiary/aromatic N) is 3. The molecule has 1 fully saturated rings. The first-order chi connectivity index (χ1) is 18.4. The number of hydrogen-bond donors (Lipinski definition) is 3. The van der Waals surface area contributed by atoms with Crippen molar-refractivity contribution in [2.24, 2.45) is 0 Å². The van der Waals surface area contributed by atoms with Crippen LogP contribution in [0.2, 0.25) is 5.02 Å². The average Bonchev–Trinajstić information content (AvgIpc) is 3.35. The first-order valence-corrected chi connectivity index (χ1v) is 12.8. The van der Waals surface area contributed by atoms with Gasteiger partial charge in [0.2, 0.25) is 5.91 Å². The zero-order chi connectivity index (χ0) is 26.6. The van der Waals surface area contributed by atoms with Crippen molar-refractivity contribution in [3.8, 4) is 11.1 Å². The van der Waals surface area contributed by atoms with E-state index in [1.54, 1.807) is 24.4 Å². The molecule has 0 aliphatic carbocycles. The molecule has 1 saturated heterocycles. The topological polar surface area (TPSA) is 108 Å². The van der Waals surface area contributed by atoms with Crippen LogP contribution in [-0.4, -0.2) is 59.0 Å². The number of likely N-dealkylation sites (N-methyl/N-ethyl adjacent to an activating group) is 1. The summed E-state index contributed by atoms with van der Waals surface area (Å²) in [5.41, 5.74) is 9.73. The van der Waals surface area contributed by atoms with Gasteiger partial charge in [-0.25, -0.2) is 4.98 Å². The molecule has 196 valence electrons. The van der Waals surface area contributed by atoms with Gasteiger partial charge < -0.3 is 25.5 Å². The fourth-order valence-corrected chi connectivity index (χ4v) is 4.73. The molecule has 0 saturated carbocycles. The molecule has 1 atom stereocenters. The zero-order valence-electron chi connectivity index (χ0n) is 21.1. The molecule has 1 amide bonds. The molecule has 1 unspecified atom stereocenters. The summed E-state index contributed by atoms with van der Waals surface area (Å²) in [6.45, 7) is 3.79. The number of rotatable bonds is 7. The number of carbonyl (C=O) groups is 1. The summed E-state index contributed by atoms with van der Waals surface area (Å²) in [7, 11) is 2.10. The van der Waals surface area contributed by atoms with E-state index in [1.165, 1.54) is 6.08 Å². The van der Waals surface area contributed by atoms with Crippen LogP contribution >= 0.6 is 11.6 Å². The Labute approximate surface area is 226 Å². The fraction of sp³-hybridized carbons (Fsp3) is 0.241. The molecule has 2 aromatic carbocycles. The average molecular weight is 532 g/mol. The van der Waals surface area contributed by atoms with E-state index in [4.69, 9.17) is 21.8 Å². The van der Waals surface area contributed by atoms with Gasteiger partial charge in [-0.05, 0) is 65.7 Å². The first kappa shape index (κ1) is 25.9. The van der Waals surface area contributed by atoms with Crippen molar-refractivity contribution in [1.82, 2.24) is 20.1 Å². The monoisotopic (exact) mass is 531 g/mol. The molecule has 8 nitrogen and oxygen atoms in total. The summed E-state index contributed by atoms with van der Waals surface area (Å²) in [5, 5.41) is 15.0. The van der Waals surface area contributed by atoms with Crippen molar-refractivity contribution in [1.29, 1.82) is 0 Å². The number of pyridine rings is 1. The number of hydrogen-bond acceptors (Lipinski definition) is 7. The van der Waals surface area contributed by atoms with Crippen LogP contribution < -0.4 is 11.1 Å². The maximum atomic E-state index is 12.2. The number of nitrogens with one attached hydrogen (secondary N) is 1. The van der Waals surface area contributed by atoms with E-state index in [2.05, 4.69) is 27.1 Å². The molecule has 1 aliphatic rings. The third-order valence-corrected chi connectivity index (χ3v) is 7.00. The Morgan fingerprint density at radius 3 is 2.61 bits per heavy atom. The molecule has 1 aliphatic heterocycles. The Hall–Kier alpha value is -3.69. The molecule has 3 heterocycles. The van der Waals surface area contributed by atoms with Gasteiger partial charge in [-0.3, -0.25) is 9.69 Å². The Balaban J connectivity index is 1.25. The number of nitrogens with two attached hydrogens (primary N) is 1. The summed E-state index contributed by atoms with van der Waals surface area (Å²) in [6.07, 6.45) is 4.08. The Morgan fingerprint density at radius 1 is 1.13 bits per heavy atom. The molecule has 0 radical (unpaired) electrons. The van der Waals surface area contributed by atoms with Crippen molar-refractivity contribution in [3.05, 3.63) is 88.8 Å². The number of fused-ring (bicyclic) bond motifs is 1. The van der Waals surface area contributed by atoms with Crippen LogP contribution in [0.25, 0.3) is 28.2 Å². The normalized spacial score (nSPS) is 15.8. The molecular formula is C29H30ClN5O3. The van der Waals surface area contributed by atoms with Crippen LogP contribution in [0.3, 0.4) is 0 Å². The van der Waals surface area contributed by atoms with Gasteiger partial charge >= 0.3 is 0 Å².